The Morgan fingerprint density at radius 1 is 0.633 bits per heavy atom. The van der Waals surface area contributed by atoms with Crippen LogP contribution in [0, 0.1) is 0 Å². The fourth-order valence-electron chi connectivity index (χ4n) is 3.40. The summed E-state index contributed by atoms with van der Waals surface area (Å²) in [5.41, 5.74) is 4.12. The number of rotatable bonds is 13. The van der Waals surface area contributed by atoms with Gasteiger partial charge < -0.3 is 19.3 Å². The Hall–Kier alpha value is -3.40. The lowest BCUT2D eigenvalue weighted by atomic mass is 10.0. The van der Waals surface area contributed by atoms with Crippen molar-refractivity contribution in [3.05, 3.63) is 87.0 Å². The zero-order valence-electron chi connectivity index (χ0n) is 18.1. The second-order valence-electron chi connectivity index (χ2n) is 6.74. The zero-order chi connectivity index (χ0) is 21.9. The number of ether oxygens (including phenoxy) is 2. The summed E-state index contributed by atoms with van der Waals surface area (Å²) in [6.45, 7) is 18.3. The molecule has 2 aromatic carbocycles. The molecule has 30 heavy (non-hydrogen) atoms. The molecule has 2 rings (SSSR count). The minimum absolute atomic E-state index is 0.715. The predicted octanol–water partition coefficient (Wildman–Crippen LogP) is 5.73. The normalized spacial score (nSPS) is 10.1. The molecule has 0 saturated heterocycles. The number of hydrogen-bond acceptors (Lipinski definition) is 4. The fourth-order valence-corrected chi connectivity index (χ4v) is 3.40. The average Bonchev–Trinajstić information content (AvgIpc) is 2.78. The summed E-state index contributed by atoms with van der Waals surface area (Å²) in [6, 6.07) is 12.4. The molecule has 0 aromatic heterocycles. The van der Waals surface area contributed by atoms with Gasteiger partial charge in [0.05, 0.1) is 25.6 Å². The van der Waals surface area contributed by atoms with E-state index in [1.165, 1.54) is 0 Å². The van der Waals surface area contributed by atoms with Gasteiger partial charge in [0.15, 0.2) is 0 Å². The average molecular weight is 405 g/mol. The smallest absolute Gasteiger partial charge is 0.142 e. The van der Waals surface area contributed by atoms with E-state index in [2.05, 4.69) is 60.4 Å². The molecule has 0 fully saturated rings. The molecule has 0 unspecified atom stereocenters. The molecule has 0 atom stereocenters. The number of benzene rings is 2. The van der Waals surface area contributed by atoms with E-state index in [1.807, 2.05) is 36.4 Å². The minimum Gasteiger partial charge on any atom is -0.495 e. The number of nitrogens with zero attached hydrogens (tertiary/aromatic N) is 2. The lowest BCUT2D eigenvalue weighted by Gasteiger charge is -2.25. The Labute approximate surface area is 181 Å². The lowest BCUT2D eigenvalue weighted by Crippen LogP contribution is -2.23. The van der Waals surface area contributed by atoms with E-state index in [-0.39, 0.29) is 0 Å². The molecular weight excluding hydrogens is 372 g/mol. The second-order valence-corrected chi connectivity index (χ2v) is 6.74. The van der Waals surface area contributed by atoms with E-state index in [1.54, 1.807) is 14.2 Å². The van der Waals surface area contributed by atoms with Gasteiger partial charge in [-0.05, 0) is 35.4 Å². The summed E-state index contributed by atoms with van der Waals surface area (Å²) in [5.74, 6) is 1.61. The Morgan fingerprint density at radius 3 is 1.23 bits per heavy atom. The molecule has 0 heterocycles. The first-order valence-corrected chi connectivity index (χ1v) is 9.93. The van der Waals surface area contributed by atoms with Gasteiger partial charge in [0.25, 0.3) is 0 Å². The molecule has 158 valence electrons. The molecule has 0 aliphatic carbocycles. The quantitative estimate of drug-likeness (QED) is 0.398. The minimum atomic E-state index is 0.715. The van der Waals surface area contributed by atoms with Gasteiger partial charge in [0.1, 0.15) is 11.5 Å². The van der Waals surface area contributed by atoms with Gasteiger partial charge in [-0.15, -0.1) is 26.3 Å². The third-order valence-electron chi connectivity index (χ3n) is 4.77. The van der Waals surface area contributed by atoms with Crippen LogP contribution in [0.25, 0.3) is 11.1 Å². The van der Waals surface area contributed by atoms with Crippen LogP contribution in [0.15, 0.2) is 87.0 Å². The standard InChI is InChI=1S/C26H32N2O2/c1-7-15-27(16-8-2)23-13-11-21(19-25(23)29-5)22-12-14-24(26(20-22)30-6)28(17-9-3)18-10-4/h7-14,19-20H,1-4,15-18H2,5-6H3. The van der Waals surface area contributed by atoms with Gasteiger partial charge in [-0.3, -0.25) is 0 Å². The van der Waals surface area contributed by atoms with Gasteiger partial charge in [0.2, 0.25) is 0 Å². The third-order valence-corrected chi connectivity index (χ3v) is 4.77. The van der Waals surface area contributed by atoms with Crippen LogP contribution in [0.3, 0.4) is 0 Å². The maximum absolute atomic E-state index is 5.69. The molecule has 4 heteroatoms. The van der Waals surface area contributed by atoms with Crippen molar-refractivity contribution >= 4 is 11.4 Å². The molecule has 2 aromatic rings. The molecule has 0 radical (unpaired) electrons. The lowest BCUT2D eigenvalue weighted by molar-refractivity contribution is 0.414. The molecule has 0 aliphatic rings. The van der Waals surface area contributed by atoms with Crippen molar-refractivity contribution in [1.82, 2.24) is 0 Å². The highest BCUT2D eigenvalue weighted by Crippen LogP contribution is 2.37. The fraction of sp³-hybridized carbons (Fsp3) is 0.231. The van der Waals surface area contributed by atoms with Crippen molar-refractivity contribution < 1.29 is 9.47 Å². The van der Waals surface area contributed by atoms with E-state index >= 15 is 0 Å². The predicted molar refractivity (Wildman–Crippen MR) is 130 cm³/mol. The third kappa shape index (κ3) is 5.35. The Morgan fingerprint density at radius 2 is 0.967 bits per heavy atom. The molecule has 0 spiro atoms. The molecule has 0 saturated carbocycles. The number of methoxy groups -OCH3 is 2. The first-order chi connectivity index (χ1) is 14.6. The summed E-state index contributed by atoms with van der Waals surface area (Å²) < 4.78 is 11.4. The summed E-state index contributed by atoms with van der Waals surface area (Å²) in [4.78, 5) is 4.32. The van der Waals surface area contributed by atoms with Crippen molar-refractivity contribution in [2.45, 2.75) is 0 Å². The number of hydrogen-bond donors (Lipinski definition) is 0. The van der Waals surface area contributed by atoms with Crippen LogP contribution in [0.1, 0.15) is 0 Å². The van der Waals surface area contributed by atoms with Gasteiger partial charge in [-0.2, -0.15) is 0 Å². The Kier molecular flexibility index (Phi) is 8.82. The maximum atomic E-state index is 5.69. The molecule has 0 amide bonds. The summed E-state index contributed by atoms with van der Waals surface area (Å²) in [6.07, 6.45) is 7.49. The molecule has 0 aliphatic heterocycles. The monoisotopic (exact) mass is 404 g/mol. The van der Waals surface area contributed by atoms with Gasteiger partial charge in [0, 0.05) is 26.2 Å². The van der Waals surface area contributed by atoms with Gasteiger partial charge >= 0.3 is 0 Å². The maximum Gasteiger partial charge on any atom is 0.142 e. The van der Waals surface area contributed by atoms with E-state index in [0.717, 1.165) is 34.0 Å². The van der Waals surface area contributed by atoms with Crippen LogP contribution < -0.4 is 19.3 Å². The van der Waals surface area contributed by atoms with E-state index in [4.69, 9.17) is 9.47 Å². The number of anilines is 2. The van der Waals surface area contributed by atoms with E-state index in [9.17, 15) is 0 Å². The summed E-state index contributed by atoms with van der Waals surface area (Å²) in [7, 11) is 3.38. The van der Waals surface area contributed by atoms with Crippen molar-refractivity contribution in [3.8, 4) is 22.6 Å². The van der Waals surface area contributed by atoms with Gasteiger partial charge in [-0.1, -0.05) is 36.4 Å². The highest BCUT2D eigenvalue weighted by atomic mass is 16.5. The summed E-state index contributed by atoms with van der Waals surface area (Å²) in [5, 5.41) is 0. The SMILES string of the molecule is C=CCN(CC=C)c1ccc(-c2ccc(N(CC=C)CC=C)c(OC)c2)cc1OC. The topological polar surface area (TPSA) is 24.9 Å². The first-order valence-electron chi connectivity index (χ1n) is 9.93. The van der Waals surface area contributed by atoms with Crippen LogP contribution in [-0.4, -0.2) is 40.4 Å². The van der Waals surface area contributed by atoms with Crippen LogP contribution >= 0.6 is 0 Å². The molecule has 0 N–H and O–H groups in total. The van der Waals surface area contributed by atoms with Crippen LogP contribution in [-0.2, 0) is 0 Å². The van der Waals surface area contributed by atoms with Crippen LogP contribution in [0.4, 0.5) is 11.4 Å². The Balaban J connectivity index is 2.45. The van der Waals surface area contributed by atoms with Crippen molar-refractivity contribution in [2.75, 3.05) is 50.2 Å². The van der Waals surface area contributed by atoms with E-state index in [0.29, 0.717) is 26.2 Å². The zero-order valence-corrected chi connectivity index (χ0v) is 18.1. The highest BCUT2D eigenvalue weighted by molar-refractivity contribution is 5.75. The largest absolute Gasteiger partial charge is 0.495 e. The first kappa shape index (κ1) is 22.9. The van der Waals surface area contributed by atoms with E-state index < -0.39 is 0 Å². The molecular formula is C26H32N2O2. The summed E-state index contributed by atoms with van der Waals surface area (Å²) >= 11 is 0. The molecule has 4 nitrogen and oxygen atoms in total. The van der Waals surface area contributed by atoms with Crippen molar-refractivity contribution in [1.29, 1.82) is 0 Å². The van der Waals surface area contributed by atoms with Crippen molar-refractivity contribution in [3.63, 3.8) is 0 Å². The van der Waals surface area contributed by atoms with Crippen LogP contribution in [0.5, 0.6) is 11.5 Å². The highest BCUT2D eigenvalue weighted by Gasteiger charge is 2.14. The second kappa shape index (κ2) is 11.6. The Bertz CT molecular complexity index is 795. The van der Waals surface area contributed by atoms with Crippen LogP contribution in [0.2, 0.25) is 0 Å². The molecule has 0 bridgehead atoms. The van der Waals surface area contributed by atoms with Gasteiger partial charge in [-0.25, -0.2) is 0 Å². The van der Waals surface area contributed by atoms with Crippen molar-refractivity contribution in [2.24, 2.45) is 0 Å².